The van der Waals surface area contributed by atoms with Crippen LogP contribution in [0.15, 0.2) is 30.3 Å². The number of carbonyl (C=O) groups excluding carboxylic acids is 2. The fourth-order valence-corrected chi connectivity index (χ4v) is 2.58. The third-order valence-electron chi connectivity index (χ3n) is 3.97. The molecular formula is C18H25NO3. The van der Waals surface area contributed by atoms with Gasteiger partial charge in [0.2, 0.25) is 0 Å². The van der Waals surface area contributed by atoms with E-state index in [0.717, 1.165) is 5.56 Å². The summed E-state index contributed by atoms with van der Waals surface area (Å²) in [4.78, 5) is 25.6. The first kappa shape index (κ1) is 16.5. The highest BCUT2D eigenvalue weighted by atomic mass is 16.6. The van der Waals surface area contributed by atoms with Gasteiger partial charge in [0.25, 0.3) is 0 Å². The Morgan fingerprint density at radius 1 is 1.18 bits per heavy atom. The fourth-order valence-electron chi connectivity index (χ4n) is 2.58. The quantitative estimate of drug-likeness (QED) is 0.850. The van der Waals surface area contributed by atoms with E-state index >= 15 is 0 Å². The first-order chi connectivity index (χ1) is 10.4. The number of Topliss-reactive ketones (excluding diaryl/α,β-unsaturated/α-hetero) is 1. The van der Waals surface area contributed by atoms with E-state index in [9.17, 15) is 9.59 Å². The van der Waals surface area contributed by atoms with Crippen LogP contribution in [0, 0.1) is 0 Å². The maximum absolute atomic E-state index is 12.6. The van der Waals surface area contributed by atoms with Crippen LogP contribution >= 0.6 is 0 Å². The second-order valence-corrected chi connectivity index (χ2v) is 6.86. The van der Waals surface area contributed by atoms with Crippen LogP contribution in [0.25, 0.3) is 0 Å². The van der Waals surface area contributed by atoms with Gasteiger partial charge in [-0.15, -0.1) is 0 Å². The average molecular weight is 303 g/mol. The Hall–Kier alpha value is -1.84. The molecule has 4 nitrogen and oxygen atoms in total. The predicted octanol–water partition coefficient (Wildman–Crippen LogP) is 3.94. The number of rotatable bonds is 3. The lowest BCUT2D eigenvalue weighted by atomic mass is 9.96. The van der Waals surface area contributed by atoms with Crippen molar-refractivity contribution >= 4 is 11.9 Å². The van der Waals surface area contributed by atoms with E-state index in [1.54, 1.807) is 4.90 Å². The molecule has 0 spiro atoms. The average Bonchev–Trinajstić information content (AvgIpc) is 2.47. The largest absolute Gasteiger partial charge is 0.446 e. The van der Waals surface area contributed by atoms with Crippen molar-refractivity contribution in [1.29, 1.82) is 0 Å². The number of ketones is 1. The van der Waals surface area contributed by atoms with Gasteiger partial charge >= 0.3 is 6.09 Å². The highest BCUT2D eigenvalue weighted by Crippen LogP contribution is 2.23. The van der Waals surface area contributed by atoms with Gasteiger partial charge in [-0.25, -0.2) is 4.79 Å². The molecule has 1 aliphatic rings. The third kappa shape index (κ3) is 4.58. The molecule has 0 radical (unpaired) electrons. The maximum Gasteiger partial charge on any atom is 0.410 e. The molecule has 0 saturated heterocycles. The smallest absolute Gasteiger partial charge is 0.410 e. The molecule has 1 aromatic rings. The lowest BCUT2D eigenvalue weighted by Crippen LogP contribution is -2.46. The minimum Gasteiger partial charge on any atom is -0.446 e. The summed E-state index contributed by atoms with van der Waals surface area (Å²) in [5.74, 6) is 0.268. The van der Waals surface area contributed by atoms with Gasteiger partial charge in [0.15, 0.2) is 0 Å². The normalized spacial score (nSPS) is 16.4. The Balaban J connectivity index is 2.02. The first-order valence-corrected chi connectivity index (χ1v) is 7.90. The van der Waals surface area contributed by atoms with Crippen LogP contribution in [-0.4, -0.2) is 28.4 Å². The molecule has 0 heterocycles. The van der Waals surface area contributed by atoms with E-state index in [-0.39, 0.29) is 23.5 Å². The predicted molar refractivity (Wildman–Crippen MR) is 85.5 cm³/mol. The van der Waals surface area contributed by atoms with Crippen LogP contribution < -0.4 is 0 Å². The van der Waals surface area contributed by atoms with Crippen molar-refractivity contribution in [3.8, 4) is 0 Å². The van der Waals surface area contributed by atoms with E-state index in [2.05, 4.69) is 0 Å². The highest BCUT2D eigenvalue weighted by Gasteiger charge is 2.31. The Labute approximate surface area is 132 Å². The van der Waals surface area contributed by atoms with Crippen LogP contribution in [0.1, 0.15) is 52.0 Å². The zero-order chi connectivity index (χ0) is 16.2. The molecule has 0 atom stereocenters. The van der Waals surface area contributed by atoms with Crippen molar-refractivity contribution in [2.24, 2.45) is 0 Å². The van der Waals surface area contributed by atoms with Crippen LogP contribution in [0.2, 0.25) is 0 Å². The molecule has 1 aromatic carbocycles. The molecule has 1 amide bonds. The summed E-state index contributed by atoms with van der Waals surface area (Å²) in [6, 6.07) is 9.90. The molecule has 0 unspecified atom stereocenters. The fraction of sp³-hybridized carbons (Fsp3) is 0.556. The second-order valence-electron chi connectivity index (χ2n) is 6.86. The number of hydrogen-bond acceptors (Lipinski definition) is 3. The number of nitrogens with zero attached hydrogens (tertiary/aromatic N) is 1. The molecule has 1 aliphatic carbocycles. The van der Waals surface area contributed by atoms with Gasteiger partial charge < -0.3 is 4.74 Å². The summed E-state index contributed by atoms with van der Waals surface area (Å²) >= 11 is 0. The van der Waals surface area contributed by atoms with Crippen molar-refractivity contribution in [2.45, 2.75) is 64.6 Å². The summed E-state index contributed by atoms with van der Waals surface area (Å²) in [6.07, 6.45) is 1.90. The number of hydrogen-bond donors (Lipinski definition) is 0. The third-order valence-corrected chi connectivity index (χ3v) is 3.97. The highest BCUT2D eigenvalue weighted by molar-refractivity contribution is 5.79. The van der Waals surface area contributed by atoms with Gasteiger partial charge in [-0.05, 0) is 39.2 Å². The number of benzene rings is 1. The second kappa shape index (κ2) is 6.95. The summed E-state index contributed by atoms with van der Waals surface area (Å²) in [5, 5.41) is 0. The number of amides is 1. The number of carbonyl (C=O) groups is 2. The SMILES string of the molecule is CC(C)(C)N(Cc1ccccc1)C(=O)OC1CCC(=O)CC1. The summed E-state index contributed by atoms with van der Waals surface area (Å²) in [5.41, 5.74) is 0.755. The summed E-state index contributed by atoms with van der Waals surface area (Å²) in [6.45, 7) is 6.53. The molecule has 0 N–H and O–H groups in total. The van der Waals surface area contributed by atoms with E-state index in [1.165, 1.54) is 0 Å². The monoisotopic (exact) mass is 303 g/mol. The van der Waals surface area contributed by atoms with Crippen molar-refractivity contribution < 1.29 is 14.3 Å². The Morgan fingerprint density at radius 3 is 2.32 bits per heavy atom. The minimum atomic E-state index is -0.322. The Bertz CT molecular complexity index is 509. The Kier molecular flexibility index (Phi) is 5.22. The van der Waals surface area contributed by atoms with Crippen molar-refractivity contribution in [1.82, 2.24) is 4.90 Å². The molecule has 0 bridgehead atoms. The van der Waals surface area contributed by atoms with Gasteiger partial charge in [-0.3, -0.25) is 9.69 Å². The van der Waals surface area contributed by atoms with Crippen molar-refractivity contribution in [2.75, 3.05) is 0 Å². The van der Waals surface area contributed by atoms with Crippen LogP contribution in [0.5, 0.6) is 0 Å². The molecule has 22 heavy (non-hydrogen) atoms. The zero-order valence-corrected chi connectivity index (χ0v) is 13.7. The molecule has 2 rings (SSSR count). The molecule has 1 saturated carbocycles. The van der Waals surface area contributed by atoms with Gasteiger partial charge in [0, 0.05) is 24.9 Å². The lowest BCUT2D eigenvalue weighted by molar-refractivity contribution is -0.122. The van der Waals surface area contributed by atoms with Gasteiger partial charge in [0.05, 0.1) is 0 Å². The summed E-state index contributed by atoms with van der Waals surface area (Å²) < 4.78 is 5.64. The van der Waals surface area contributed by atoms with E-state index in [0.29, 0.717) is 32.2 Å². The molecule has 1 fully saturated rings. The van der Waals surface area contributed by atoms with Crippen LogP contribution in [0.4, 0.5) is 4.79 Å². The van der Waals surface area contributed by atoms with E-state index in [4.69, 9.17) is 4.74 Å². The summed E-state index contributed by atoms with van der Waals surface area (Å²) in [7, 11) is 0. The van der Waals surface area contributed by atoms with Gasteiger partial charge in [0.1, 0.15) is 11.9 Å². The standard InChI is InChI=1S/C18H25NO3/c1-18(2,3)19(13-14-7-5-4-6-8-14)17(21)22-16-11-9-15(20)10-12-16/h4-8,16H,9-13H2,1-3H3. The van der Waals surface area contributed by atoms with E-state index < -0.39 is 0 Å². The van der Waals surface area contributed by atoms with Gasteiger partial charge in [-0.2, -0.15) is 0 Å². The molecule has 120 valence electrons. The maximum atomic E-state index is 12.6. The van der Waals surface area contributed by atoms with E-state index in [1.807, 2.05) is 51.1 Å². The molecule has 4 heteroatoms. The zero-order valence-electron chi connectivity index (χ0n) is 13.7. The molecular weight excluding hydrogens is 278 g/mol. The van der Waals surface area contributed by atoms with Crippen molar-refractivity contribution in [3.63, 3.8) is 0 Å². The minimum absolute atomic E-state index is 0.133. The van der Waals surface area contributed by atoms with Crippen molar-refractivity contribution in [3.05, 3.63) is 35.9 Å². The Morgan fingerprint density at radius 2 is 1.77 bits per heavy atom. The number of ether oxygens (including phenoxy) is 1. The molecule has 0 aromatic heterocycles. The topological polar surface area (TPSA) is 46.6 Å². The van der Waals surface area contributed by atoms with Crippen LogP contribution in [-0.2, 0) is 16.1 Å². The first-order valence-electron chi connectivity index (χ1n) is 7.90. The van der Waals surface area contributed by atoms with Gasteiger partial charge in [-0.1, -0.05) is 30.3 Å². The van der Waals surface area contributed by atoms with Crippen LogP contribution in [0.3, 0.4) is 0 Å². The molecule has 0 aliphatic heterocycles. The lowest BCUT2D eigenvalue weighted by Gasteiger charge is -2.36.